The van der Waals surface area contributed by atoms with Crippen LogP contribution in [0, 0.1) is 0 Å². The van der Waals surface area contributed by atoms with E-state index in [1.165, 1.54) is 0 Å². The van der Waals surface area contributed by atoms with Crippen molar-refractivity contribution in [1.82, 2.24) is 5.16 Å². The fourth-order valence-corrected chi connectivity index (χ4v) is 1.55. The maximum atomic E-state index is 5.91. The van der Waals surface area contributed by atoms with Gasteiger partial charge in [0.1, 0.15) is 12.0 Å². The molecule has 0 aliphatic carbocycles. The van der Waals surface area contributed by atoms with Crippen LogP contribution in [0.5, 0.6) is 0 Å². The highest BCUT2D eigenvalue weighted by Crippen LogP contribution is 2.19. The zero-order valence-corrected chi connectivity index (χ0v) is 9.11. The molecule has 1 heterocycles. The van der Waals surface area contributed by atoms with Crippen LogP contribution in [0.1, 0.15) is 5.69 Å². The van der Waals surface area contributed by atoms with Gasteiger partial charge < -0.3 is 9.42 Å². The van der Waals surface area contributed by atoms with Crippen molar-refractivity contribution in [3.8, 4) is 0 Å². The summed E-state index contributed by atoms with van der Waals surface area (Å²) < 4.78 is 4.77. The lowest BCUT2D eigenvalue weighted by Crippen LogP contribution is -2.16. The second-order valence-corrected chi connectivity index (χ2v) is 3.76. The molecule has 4 heteroatoms. The zero-order chi connectivity index (χ0) is 10.7. The highest BCUT2D eigenvalue weighted by atomic mass is 35.5. The van der Waals surface area contributed by atoms with Crippen molar-refractivity contribution in [3.05, 3.63) is 47.3 Å². The van der Waals surface area contributed by atoms with Gasteiger partial charge in [0.25, 0.3) is 0 Å². The molecule has 15 heavy (non-hydrogen) atoms. The molecule has 0 saturated carbocycles. The third-order valence-corrected chi connectivity index (χ3v) is 2.37. The number of aromatic nitrogens is 1. The number of nitrogens with zero attached hydrogens (tertiary/aromatic N) is 2. The van der Waals surface area contributed by atoms with Crippen molar-refractivity contribution in [2.45, 2.75) is 6.54 Å². The highest BCUT2D eigenvalue weighted by molar-refractivity contribution is 6.30. The summed E-state index contributed by atoms with van der Waals surface area (Å²) in [6, 6.07) is 9.56. The molecule has 0 amide bonds. The van der Waals surface area contributed by atoms with Gasteiger partial charge in [0, 0.05) is 23.8 Å². The SMILES string of the molecule is CN(Cc1ccon1)c1cccc(Cl)c1. The molecule has 0 fully saturated rings. The molecule has 2 rings (SSSR count). The number of halogens is 1. The van der Waals surface area contributed by atoms with Gasteiger partial charge in [0.2, 0.25) is 0 Å². The van der Waals surface area contributed by atoms with Gasteiger partial charge in [-0.15, -0.1) is 0 Å². The number of hydrogen-bond donors (Lipinski definition) is 0. The van der Waals surface area contributed by atoms with Crippen molar-refractivity contribution in [1.29, 1.82) is 0 Å². The number of hydrogen-bond acceptors (Lipinski definition) is 3. The molecular weight excluding hydrogens is 212 g/mol. The lowest BCUT2D eigenvalue weighted by Gasteiger charge is -2.17. The van der Waals surface area contributed by atoms with Gasteiger partial charge in [-0.1, -0.05) is 22.8 Å². The molecular formula is C11H11ClN2O. The monoisotopic (exact) mass is 222 g/mol. The van der Waals surface area contributed by atoms with Gasteiger partial charge in [0.15, 0.2) is 0 Å². The molecule has 0 aliphatic heterocycles. The Morgan fingerprint density at radius 2 is 2.27 bits per heavy atom. The third kappa shape index (κ3) is 2.50. The van der Waals surface area contributed by atoms with E-state index in [0.717, 1.165) is 16.4 Å². The lowest BCUT2D eigenvalue weighted by molar-refractivity contribution is 0.411. The molecule has 0 radical (unpaired) electrons. The van der Waals surface area contributed by atoms with Gasteiger partial charge >= 0.3 is 0 Å². The first kappa shape index (κ1) is 10.1. The fourth-order valence-electron chi connectivity index (χ4n) is 1.37. The van der Waals surface area contributed by atoms with Crippen molar-refractivity contribution in [3.63, 3.8) is 0 Å². The van der Waals surface area contributed by atoms with E-state index in [1.807, 2.05) is 37.4 Å². The van der Waals surface area contributed by atoms with Crippen LogP contribution in [0.2, 0.25) is 5.02 Å². The zero-order valence-electron chi connectivity index (χ0n) is 8.35. The third-order valence-electron chi connectivity index (χ3n) is 2.14. The molecule has 1 aromatic heterocycles. The van der Waals surface area contributed by atoms with Crippen molar-refractivity contribution < 1.29 is 4.52 Å². The average Bonchev–Trinajstić information content (AvgIpc) is 2.70. The molecule has 0 bridgehead atoms. The topological polar surface area (TPSA) is 29.3 Å². The van der Waals surface area contributed by atoms with Crippen LogP contribution >= 0.6 is 11.6 Å². The predicted octanol–water partition coefficient (Wildman–Crippen LogP) is 2.96. The Labute approximate surface area is 93.2 Å². The van der Waals surface area contributed by atoms with E-state index in [2.05, 4.69) is 10.1 Å². The van der Waals surface area contributed by atoms with E-state index >= 15 is 0 Å². The van der Waals surface area contributed by atoms with Gasteiger partial charge in [-0.05, 0) is 18.2 Å². The van der Waals surface area contributed by atoms with Crippen LogP contribution in [-0.4, -0.2) is 12.2 Å². The summed E-state index contributed by atoms with van der Waals surface area (Å²) in [5.74, 6) is 0. The normalized spacial score (nSPS) is 10.3. The Hall–Kier alpha value is -1.48. The second-order valence-electron chi connectivity index (χ2n) is 3.33. The summed E-state index contributed by atoms with van der Waals surface area (Å²) >= 11 is 5.91. The molecule has 0 saturated heterocycles. The standard InChI is InChI=1S/C11H11ClN2O/c1-14(8-10-5-6-15-13-10)11-4-2-3-9(12)7-11/h2-7H,8H2,1H3. The van der Waals surface area contributed by atoms with Crippen LogP contribution in [0.4, 0.5) is 5.69 Å². The van der Waals surface area contributed by atoms with E-state index in [1.54, 1.807) is 6.26 Å². The Morgan fingerprint density at radius 1 is 1.40 bits per heavy atom. The summed E-state index contributed by atoms with van der Waals surface area (Å²) in [6.45, 7) is 0.705. The van der Waals surface area contributed by atoms with Crippen LogP contribution in [-0.2, 0) is 6.54 Å². The minimum Gasteiger partial charge on any atom is -0.369 e. The summed E-state index contributed by atoms with van der Waals surface area (Å²) in [4.78, 5) is 2.06. The Morgan fingerprint density at radius 3 is 2.93 bits per heavy atom. The van der Waals surface area contributed by atoms with E-state index in [0.29, 0.717) is 6.54 Å². The van der Waals surface area contributed by atoms with Gasteiger partial charge in [-0.3, -0.25) is 0 Å². The first-order valence-corrected chi connectivity index (χ1v) is 4.99. The summed E-state index contributed by atoms with van der Waals surface area (Å²) in [5, 5.41) is 4.59. The smallest absolute Gasteiger partial charge is 0.124 e. The van der Waals surface area contributed by atoms with Crippen LogP contribution in [0.3, 0.4) is 0 Å². The maximum Gasteiger partial charge on any atom is 0.124 e. The summed E-state index contributed by atoms with van der Waals surface area (Å²) in [5.41, 5.74) is 1.96. The van der Waals surface area contributed by atoms with Gasteiger partial charge in [0.05, 0.1) is 6.54 Å². The molecule has 0 spiro atoms. The van der Waals surface area contributed by atoms with Gasteiger partial charge in [-0.25, -0.2) is 0 Å². The van der Waals surface area contributed by atoms with Crippen LogP contribution < -0.4 is 4.90 Å². The van der Waals surface area contributed by atoms with E-state index in [9.17, 15) is 0 Å². The minimum absolute atomic E-state index is 0.705. The Kier molecular flexibility index (Phi) is 2.92. The second kappa shape index (κ2) is 4.36. The predicted molar refractivity (Wildman–Crippen MR) is 60.1 cm³/mol. The molecule has 0 aliphatic rings. The fraction of sp³-hybridized carbons (Fsp3) is 0.182. The van der Waals surface area contributed by atoms with Crippen molar-refractivity contribution in [2.24, 2.45) is 0 Å². The van der Waals surface area contributed by atoms with Crippen molar-refractivity contribution in [2.75, 3.05) is 11.9 Å². The molecule has 0 N–H and O–H groups in total. The molecule has 78 valence electrons. The average molecular weight is 223 g/mol. The summed E-state index contributed by atoms with van der Waals surface area (Å²) in [6.07, 6.45) is 1.57. The lowest BCUT2D eigenvalue weighted by atomic mass is 10.3. The Balaban J connectivity index is 2.11. The highest BCUT2D eigenvalue weighted by Gasteiger charge is 2.04. The van der Waals surface area contributed by atoms with Crippen molar-refractivity contribution >= 4 is 17.3 Å². The summed E-state index contributed by atoms with van der Waals surface area (Å²) in [7, 11) is 1.99. The largest absolute Gasteiger partial charge is 0.369 e. The molecule has 2 aromatic rings. The number of benzene rings is 1. The quantitative estimate of drug-likeness (QED) is 0.800. The van der Waals surface area contributed by atoms with Crippen LogP contribution in [0.25, 0.3) is 0 Å². The van der Waals surface area contributed by atoms with E-state index in [4.69, 9.17) is 16.1 Å². The minimum atomic E-state index is 0.705. The number of rotatable bonds is 3. The van der Waals surface area contributed by atoms with E-state index < -0.39 is 0 Å². The van der Waals surface area contributed by atoms with Gasteiger partial charge in [-0.2, -0.15) is 0 Å². The van der Waals surface area contributed by atoms with E-state index in [-0.39, 0.29) is 0 Å². The van der Waals surface area contributed by atoms with Crippen LogP contribution in [0.15, 0.2) is 41.1 Å². The molecule has 0 unspecified atom stereocenters. The molecule has 1 aromatic carbocycles. The maximum absolute atomic E-state index is 5.91. The molecule has 0 atom stereocenters. The number of anilines is 1. The Bertz CT molecular complexity index is 428. The first-order chi connectivity index (χ1) is 7.25. The molecule has 3 nitrogen and oxygen atoms in total. The first-order valence-electron chi connectivity index (χ1n) is 4.61.